The number of benzene rings is 2. The van der Waals surface area contributed by atoms with Crippen molar-refractivity contribution < 1.29 is 14.3 Å². The van der Waals surface area contributed by atoms with E-state index in [2.05, 4.69) is 81.4 Å². The molecule has 4 heteroatoms. The maximum atomic E-state index is 9.90. The van der Waals surface area contributed by atoms with Crippen molar-refractivity contribution in [2.75, 3.05) is 0 Å². The minimum atomic E-state index is -2.49. The summed E-state index contributed by atoms with van der Waals surface area (Å²) in [6.07, 6.45) is -0.469. The Hall–Kier alpha value is -1.25. The van der Waals surface area contributed by atoms with Crippen LogP contribution in [0.2, 0.25) is 0 Å². The third-order valence-electron chi connectivity index (χ3n) is 6.36. The van der Waals surface area contributed by atoms with Gasteiger partial charge < -0.3 is 9.79 Å². The van der Waals surface area contributed by atoms with E-state index in [9.17, 15) is 9.79 Å². The summed E-state index contributed by atoms with van der Waals surface area (Å²) < 4.78 is 5.90. The molecular weight excluding hydrogens is 379 g/mol. The van der Waals surface area contributed by atoms with Crippen molar-refractivity contribution in [1.82, 2.24) is 0 Å². The van der Waals surface area contributed by atoms with Crippen LogP contribution in [-0.4, -0.2) is 9.79 Å². The standard InChI is InChI=1S/C25H35O3P/c1-13-11-17(24(5,6)7)21-19(15(13)3)20-16(4)14(2)12-18(25(8,9)10)22(20)23(21)28-29(26)27/h11-12,23,26-27H,1-10H3. The largest absolute Gasteiger partial charge is 0.328 e. The molecule has 158 valence electrons. The van der Waals surface area contributed by atoms with Crippen LogP contribution in [0.1, 0.15) is 92.2 Å². The molecule has 0 saturated carbocycles. The maximum absolute atomic E-state index is 9.90. The molecule has 2 aromatic rings. The van der Waals surface area contributed by atoms with E-state index in [1.54, 1.807) is 0 Å². The van der Waals surface area contributed by atoms with E-state index in [0.29, 0.717) is 0 Å². The molecule has 2 aromatic carbocycles. The highest BCUT2D eigenvalue weighted by atomic mass is 31.2. The first-order chi connectivity index (χ1) is 13.2. The van der Waals surface area contributed by atoms with Crippen LogP contribution in [0, 0.1) is 27.7 Å². The van der Waals surface area contributed by atoms with Crippen LogP contribution < -0.4 is 0 Å². The first-order valence-electron chi connectivity index (χ1n) is 10.3. The molecule has 3 rings (SSSR count). The normalized spacial score (nSPS) is 14.5. The summed E-state index contributed by atoms with van der Waals surface area (Å²) in [6.45, 7) is 21.9. The van der Waals surface area contributed by atoms with E-state index < -0.39 is 14.7 Å². The quantitative estimate of drug-likeness (QED) is 0.531. The van der Waals surface area contributed by atoms with Gasteiger partial charge in [0.15, 0.2) is 0 Å². The predicted molar refractivity (Wildman–Crippen MR) is 123 cm³/mol. The molecule has 29 heavy (non-hydrogen) atoms. The lowest BCUT2D eigenvalue weighted by Crippen LogP contribution is -2.19. The lowest BCUT2D eigenvalue weighted by molar-refractivity contribution is 0.204. The number of hydrogen-bond acceptors (Lipinski definition) is 3. The zero-order valence-corrected chi connectivity index (χ0v) is 20.4. The van der Waals surface area contributed by atoms with Crippen LogP contribution in [0.4, 0.5) is 0 Å². The Morgan fingerprint density at radius 2 is 1.07 bits per heavy atom. The van der Waals surface area contributed by atoms with E-state index in [0.717, 1.165) is 11.1 Å². The first-order valence-corrected chi connectivity index (χ1v) is 11.5. The highest BCUT2D eigenvalue weighted by molar-refractivity contribution is 7.39. The molecular formula is C25H35O3P. The van der Waals surface area contributed by atoms with Gasteiger partial charge in [0, 0.05) is 0 Å². The van der Waals surface area contributed by atoms with Gasteiger partial charge in [-0.2, -0.15) is 0 Å². The van der Waals surface area contributed by atoms with E-state index >= 15 is 0 Å². The molecule has 0 bridgehead atoms. The molecule has 1 aliphatic carbocycles. The fourth-order valence-corrected chi connectivity index (χ4v) is 5.05. The number of hydrogen-bond donors (Lipinski definition) is 2. The minimum absolute atomic E-state index is 0.0926. The minimum Gasteiger partial charge on any atom is -0.328 e. The second-order valence-corrected chi connectivity index (χ2v) is 11.3. The Kier molecular flexibility index (Phi) is 5.54. The summed E-state index contributed by atoms with van der Waals surface area (Å²) in [4.78, 5) is 19.8. The van der Waals surface area contributed by atoms with Gasteiger partial charge in [-0.15, -0.1) is 0 Å². The highest BCUT2D eigenvalue weighted by Gasteiger charge is 2.41. The topological polar surface area (TPSA) is 49.7 Å². The van der Waals surface area contributed by atoms with Crippen molar-refractivity contribution in [2.24, 2.45) is 0 Å². The Morgan fingerprint density at radius 3 is 1.34 bits per heavy atom. The number of fused-ring (bicyclic) bond motifs is 3. The van der Waals surface area contributed by atoms with Crippen LogP contribution in [0.15, 0.2) is 12.1 Å². The Morgan fingerprint density at radius 1 is 0.724 bits per heavy atom. The lowest BCUT2D eigenvalue weighted by Gasteiger charge is -2.29. The van der Waals surface area contributed by atoms with Gasteiger partial charge in [-0.1, -0.05) is 53.7 Å². The van der Waals surface area contributed by atoms with Crippen molar-refractivity contribution in [3.63, 3.8) is 0 Å². The summed E-state index contributed by atoms with van der Waals surface area (Å²) in [7, 11) is -2.49. The van der Waals surface area contributed by atoms with Gasteiger partial charge in [-0.05, 0) is 94.2 Å². The Bertz CT molecular complexity index is 900. The van der Waals surface area contributed by atoms with Crippen molar-refractivity contribution >= 4 is 8.60 Å². The molecule has 0 atom stereocenters. The highest BCUT2D eigenvalue weighted by Crippen LogP contribution is 2.57. The average Bonchev–Trinajstić information content (AvgIpc) is 2.87. The fraction of sp³-hybridized carbons (Fsp3) is 0.520. The van der Waals surface area contributed by atoms with E-state index in [1.165, 1.54) is 44.5 Å². The second kappa shape index (κ2) is 7.17. The number of rotatable bonds is 2. The molecule has 2 N–H and O–H groups in total. The van der Waals surface area contributed by atoms with Gasteiger partial charge in [0.05, 0.1) is 0 Å². The van der Waals surface area contributed by atoms with Crippen molar-refractivity contribution in [2.45, 2.75) is 86.2 Å². The molecule has 0 heterocycles. The zero-order chi connectivity index (χ0) is 22.0. The van der Waals surface area contributed by atoms with Crippen molar-refractivity contribution in [1.29, 1.82) is 0 Å². The summed E-state index contributed by atoms with van der Waals surface area (Å²) >= 11 is 0. The van der Waals surface area contributed by atoms with Gasteiger partial charge in [-0.25, -0.2) is 0 Å². The molecule has 0 spiro atoms. The molecule has 1 aliphatic rings. The molecule has 3 nitrogen and oxygen atoms in total. The summed E-state index contributed by atoms with van der Waals surface area (Å²) in [5.41, 5.74) is 11.9. The molecule has 0 radical (unpaired) electrons. The van der Waals surface area contributed by atoms with E-state index in [4.69, 9.17) is 4.52 Å². The van der Waals surface area contributed by atoms with Crippen LogP contribution >= 0.6 is 8.60 Å². The van der Waals surface area contributed by atoms with Gasteiger partial charge in [0.25, 0.3) is 0 Å². The SMILES string of the molecule is Cc1cc(C(C)(C)C)c2c(c1C)-c1c(C)c(C)cc(C(C)(C)C)c1C2OP(O)O. The summed E-state index contributed by atoms with van der Waals surface area (Å²) in [6, 6.07) is 4.51. The third-order valence-corrected chi connectivity index (χ3v) is 6.76. The van der Waals surface area contributed by atoms with E-state index in [1.807, 2.05) is 0 Å². The zero-order valence-electron chi connectivity index (χ0n) is 19.5. The summed E-state index contributed by atoms with van der Waals surface area (Å²) in [5, 5.41) is 0. The smallest absolute Gasteiger partial charge is 0.327 e. The van der Waals surface area contributed by atoms with Crippen molar-refractivity contribution in [3.05, 3.63) is 56.6 Å². The monoisotopic (exact) mass is 414 g/mol. The predicted octanol–water partition coefficient (Wildman–Crippen LogP) is 6.81. The fourth-order valence-electron chi connectivity index (χ4n) is 4.65. The molecule has 0 fully saturated rings. The molecule has 0 aliphatic heterocycles. The molecule has 0 aromatic heterocycles. The molecule has 0 saturated heterocycles. The lowest BCUT2D eigenvalue weighted by atomic mass is 9.79. The van der Waals surface area contributed by atoms with Crippen molar-refractivity contribution in [3.8, 4) is 11.1 Å². The molecule has 0 unspecified atom stereocenters. The van der Waals surface area contributed by atoms with Crippen LogP contribution in [0.25, 0.3) is 11.1 Å². The van der Waals surface area contributed by atoms with Gasteiger partial charge in [-0.3, -0.25) is 4.52 Å². The average molecular weight is 415 g/mol. The Labute approximate surface area is 177 Å². The maximum Gasteiger partial charge on any atom is 0.327 e. The summed E-state index contributed by atoms with van der Waals surface area (Å²) in [5.74, 6) is 0. The van der Waals surface area contributed by atoms with Crippen LogP contribution in [-0.2, 0) is 15.4 Å². The van der Waals surface area contributed by atoms with Gasteiger partial charge in [0.2, 0.25) is 0 Å². The number of aryl methyl sites for hydroxylation is 2. The first kappa shape index (κ1) is 22.4. The van der Waals surface area contributed by atoms with Gasteiger partial charge >= 0.3 is 8.60 Å². The third kappa shape index (κ3) is 3.68. The molecule has 0 amide bonds. The van der Waals surface area contributed by atoms with E-state index in [-0.39, 0.29) is 10.8 Å². The van der Waals surface area contributed by atoms with Crippen LogP contribution in [0.5, 0.6) is 0 Å². The Balaban J connectivity index is 2.56. The van der Waals surface area contributed by atoms with Crippen LogP contribution in [0.3, 0.4) is 0 Å². The van der Waals surface area contributed by atoms with Gasteiger partial charge in [0.1, 0.15) is 6.10 Å². The second-order valence-electron chi connectivity index (χ2n) is 10.5.